The minimum atomic E-state index is 0.0680. The van der Waals surface area contributed by atoms with Gasteiger partial charge in [0.05, 0.1) is 17.9 Å². The van der Waals surface area contributed by atoms with Crippen molar-refractivity contribution < 1.29 is 4.79 Å². The highest BCUT2D eigenvalue weighted by atomic mass is 32.1. The number of thiophene rings is 1. The molecule has 0 unspecified atom stereocenters. The van der Waals surface area contributed by atoms with E-state index in [0.29, 0.717) is 6.54 Å². The second-order valence-electron chi connectivity index (χ2n) is 2.57. The SMILES string of the molecule is CN1CC(=O)Nc2cscc21. The third-order valence-corrected chi connectivity index (χ3v) is 2.44. The van der Waals surface area contributed by atoms with Gasteiger partial charge in [-0.15, -0.1) is 11.3 Å². The van der Waals surface area contributed by atoms with Crippen molar-refractivity contribution in [1.29, 1.82) is 0 Å². The van der Waals surface area contributed by atoms with E-state index in [9.17, 15) is 4.79 Å². The Kier molecular flexibility index (Phi) is 1.35. The quantitative estimate of drug-likeness (QED) is 0.630. The third kappa shape index (κ3) is 0.991. The molecule has 1 N–H and O–H groups in total. The Morgan fingerprint density at radius 1 is 1.64 bits per heavy atom. The molecule has 1 aliphatic rings. The highest BCUT2D eigenvalue weighted by Gasteiger charge is 2.18. The fourth-order valence-electron chi connectivity index (χ4n) is 1.17. The fraction of sp³-hybridized carbons (Fsp3) is 0.286. The molecular weight excluding hydrogens is 160 g/mol. The summed E-state index contributed by atoms with van der Waals surface area (Å²) in [7, 11) is 1.92. The molecule has 1 aliphatic heterocycles. The zero-order valence-electron chi connectivity index (χ0n) is 6.13. The molecule has 0 aliphatic carbocycles. The molecule has 3 nitrogen and oxygen atoms in total. The largest absolute Gasteiger partial charge is 0.363 e. The summed E-state index contributed by atoms with van der Waals surface area (Å²) < 4.78 is 0. The predicted molar refractivity (Wildman–Crippen MR) is 46.2 cm³/mol. The first-order valence-electron chi connectivity index (χ1n) is 3.34. The van der Waals surface area contributed by atoms with Crippen LogP contribution in [-0.2, 0) is 4.79 Å². The Morgan fingerprint density at radius 3 is 3.27 bits per heavy atom. The van der Waals surface area contributed by atoms with Crippen molar-refractivity contribution in [3.8, 4) is 0 Å². The molecule has 1 aromatic heterocycles. The van der Waals surface area contributed by atoms with Crippen LogP contribution in [0.4, 0.5) is 11.4 Å². The summed E-state index contributed by atoms with van der Waals surface area (Å²) in [5.41, 5.74) is 2.06. The van der Waals surface area contributed by atoms with Crippen LogP contribution < -0.4 is 10.2 Å². The van der Waals surface area contributed by atoms with Crippen LogP contribution in [0.2, 0.25) is 0 Å². The Labute approximate surface area is 68.6 Å². The average Bonchev–Trinajstić information content (AvgIpc) is 2.34. The first-order valence-corrected chi connectivity index (χ1v) is 4.29. The first kappa shape index (κ1) is 6.67. The number of rotatable bonds is 0. The summed E-state index contributed by atoms with van der Waals surface area (Å²) in [5.74, 6) is 0.0680. The molecular formula is C7H8N2OS. The van der Waals surface area contributed by atoms with E-state index in [2.05, 4.69) is 5.32 Å². The number of anilines is 2. The van der Waals surface area contributed by atoms with Gasteiger partial charge in [0.15, 0.2) is 0 Å². The molecule has 2 rings (SSSR count). The molecule has 0 saturated carbocycles. The number of hydrogen-bond acceptors (Lipinski definition) is 3. The molecule has 11 heavy (non-hydrogen) atoms. The van der Waals surface area contributed by atoms with Gasteiger partial charge in [0.25, 0.3) is 0 Å². The Balaban J connectivity index is 2.43. The number of likely N-dealkylation sites (N-methyl/N-ethyl adjacent to an activating group) is 1. The van der Waals surface area contributed by atoms with E-state index in [0.717, 1.165) is 11.4 Å². The molecule has 4 heteroatoms. The van der Waals surface area contributed by atoms with Crippen molar-refractivity contribution >= 4 is 28.6 Å². The molecule has 0 fully saturated rings. The summed E-state index contributed by atoms with van der Waals surface area (Å²) in [6.07, 6.45) is 0. The number of hydrogen-bond donors (Lipinski definition) is 1. The zero-order valence-corrected chi connectivity index (χ0v) is 6.94. The lowest BCUT2D eigenvalue weighted by molar-refractivity contribution is -0.115. The monoisotopic (exact) mass is 168 g/mol. The summed E-state index contributed by atoms with van der Waals surface area (Å²) >= 11 is 1.60. The number of nitrogens with one attached hydrogen (secondary N) is 1. The van der Waals surface area contributed by atoms with Crippen LogP contribution in [-0.4, -0.2) is 19.5 Å². The van der Waals surface area contributed by atoms with Crippen LogP contribution in [0.25, 0.3) is 0 Å². The number of carbonyl (C=O) groups is 1. The van der Waals surface area contributed by atoms with Gasteiger partial charge in [-0.2, -0.15) is 0 Å². The fourth-order valence-corrected chi connectivity index (χ4v) is 1.99. The molecule has 0 radical (unpaired) electrons. The van der Waals surface area contributed by atoms with Gasteiger partial charge >= 0.3 is 0 Å². The van der Waals surface area contributed by atoms with Crippen LogP contribution in [0.3, 0.4) is 0 Å². The van der Waals surface area contributed by atoms with Gasteiger partial charge in [0, 0.05) is 17.8 Å². The molecule has 0 aromatic carbocycles. The topological polar surface area (TPSA) is 32.3 Å². The van der Waals surface area contributed by atoms with Crippen LogP contribution in [0.5, 0.6) is 0 Å². The summed E-state index contributed by atoms with van der Waals surface area (Å²) in [6, 6.07) is 0. The lowest BCUT2D eigenvalue weighted by Gasteiger charge is -2.23. The van der Waals surface area contributed by atoms with E-state index in [1.165, 1.54) is 0 Å². The van der Waals surface area contributed by atoms with E-state index in [1.807, 2.05) is 22.7 Å². The number of amides is 1. The maximum atomic E-state index is 11.0. The van der Waals surface area contributed by atoms with Crippen molar-refractivity contribution in [3.05, 3.63) is 10.8 Å². The van der Waals surface area contributed by atoms with Gasteiger partial charge in [0.2, 0.25) is 5.91 Å². The van der Waals surface area contributed by atoms with Gasteiger partial charge < -0.3 is 10.2 Å². The zero-order chi connectivity index (χ0) is 7.84. The van der Waals surface area contributed by atoms with Crippen LogP contribution in [0.15, 0.2) is 10.8 Å². The van der Waals surface area contributed by atoms with E-state index in [1.54, 1.807) is 11.3 Å². The van der Waals surface area contributed by atoms with Crippen molar-refractivity contribution in [1.82, 2.24) is 0 Å². The van der Waals surface area contributed by atoms with Crippen molar-refractivity contribution in [3.63, 3.8) is 0 Å². The molecule has 0 saturated heterocycles. The van der Waals surface area contributed by atoms with Crippen molar-refractivity contribution in [2.24, 2.45) is 0 Å². The van der Waals surface area contributed by atoms with Crippen LogP contribution in [0.1, 0.15) is 0 Å². The standard InChI is InChI=1S/C7H8N2OS/c1-9-2-7(10)8-5-3-11-4-6(5)9/h3-4H,2H2,1H3,(H,8,10). The van der Waals surface area contributed by atoms with Crippen LogP contribution >= 0.6 is 11.3 Å². The van der Waals surface area contributed by atoms with Crippen molar-refractivity contribution in [2.75, 3.05) is 23.8 Å². The van der Waals surface area contributed by atoms with E-state index < -0.39 is 0 Å². The number of fused-ring (bicyclic) bond motifs is 1. The second-order valence-corrected chi connectivity index (χ2v) is 3.32. The van der Waals surface area contributed by atoms with Gasteiger partial charge in [-0.1, -0.05) is 0 Å². The van der Waals surface area contributed by atoms with Gasteiger partial charge in [-0.3, -0.25) is 4.79 Å². The molecule has 58 valence electrons. The minimum Gasteiger partial charge on any atom is -0.363 e. The summed E-state index contributed by atoms with van der Waals surface area (Å²) in [5, 5.41) is 6.78. The average molecular weight is 168 g/mol. The molecule has 1 amide bonds. The van der Waals surface area contributed by atoms with Crippen LogP contribution in [0, 0.1) is 0 Å². The lowest BCUT2D eigenvalue weighted by Crippen LogP contribution is -2.34. The maximum Gasteiger partial charge on any atom is 0.243 e. The highest BCUT2D eigenvalue weighted by molar-refractivity contribution is 7.09. The van der Waals surface area contributed by atoms with Gasteiger partial charge in [-0.25, -0.2) is 0 Å². The predicted octanol–water partition coefficient (Wildman–Crippen LogP) is 1.14. The molecule has 1 aromatic rings. The van der Waals surface area contributed by atoms with E-state index in [-0.39, 0.29) is 5.91 Å². The number of nitrogens with zero attached hydrogens (tertiary/aromatic N) is 1. The number of carbonyl (C=O) groups excluding carboxylic acids is 1. The van der Waals surface area contributed by atoms with Crippen molar-refractivity contribution in [2.45, 2.75) is 0 Å². The second kappa shape index (κ2) is 2.23. The van der Waals surface area contributed by atoms with E-state index in [4.69, 9.17) is 0 Å². The van der Waals surface area contributed by atoms with Gasteiger partial charge in [0.1, 0.15) is 0 Å². The Bertz CT molecular complexity index is 294. The normalized spacial score (nSPS) is 16.1. The third-order valence-electron chi connectivity index (χ3n) is 1.71. The smallest absolute Gasteiger partial charge is 0.243 e. The minimum absolute atomic E-state index is 0.0680. The maximum absolute atomic E-state index is 11.0. The molecule has 2 heterocycles. The van der Waals surface area contributed by atoms with Gasteiger partial charge in [-0.05, 0) is 0 Å². The summed E-state index contributed by atoms with van der Waals surface area (Å²) in [4.78, 5) is 12.9. The first-order chi connectivity index (χ1) is 5.27. The summed E-state index contributed by atoms with van der Waals surface area (Å²) in [6.45, 7) is 0.462. The Morgan fingerprint density at radius 2 is 2.45 bits per heavy atom. The molecule has 0 atom stereocenters. The Hall–Kier alpha value is -1.03. The lowest BCUT2D eigenvalue weighted by atomic mass is 10.3. The molecule has 0 bridgehead atoms. The molecule has 0 spiro atoms. The highest BCUT2D eigenvalue weighted by Crippen LogP contribution is 2.31. The van der Waals surface area contributed by atoms with E-state index >= 15 is 0 Å².